The van der Waals surface area contributed by atoms with Gasteiger partial charge in [0.05, 0.1) is 21.3 Å². The molecule has 0 heterocycles. The molecule has 3 aromatic carbocycles. The van der Waals surface area contributed by atoms with E-state index in [0.717, 1.165) is 16.7 Å². The highest BCUT2D eigenvalue weighted by Gasteiger charge is 2.12. The van der Waals surface area contributed by atoms with Gasteiger partial charge in [0, 0.05) is 11.8 Å². The topological polar surface area (TPSA) is 56.8 Å². The van der Waals surface area contributed by atoms with Crippen molar-refractivity contribution >= 4 is 29.8 Å². The minimum absolute atomic E-state index is 0.289. The number of methoxy groups -OCH3 is 3. The van der Waals surface area contributed by atoms with Crippen molar-refractivity contribution in [3.05, 3.63) is 89.2 Å². The summed E-state index contributed by atoms with van der Waals surface area (Å²) in [6, 6.07) is 17.0. The Kier molecular flexibility index (Phi) is 7.65. The lowest BCUT2D eigenvalue weighted by molar-refractivity contribution is -0.111. The first-order chi connectivity index (χ1) is 15.5. The van der Waals surface area contributed by atoms with Crippen LogP contribution in [0, 0.1) is 5.82 Å². The summed E-state index contributed by atoms with van der Waals surface area (Å²) in [5, 5.41) is 2.87. The molecule has 0 aliphatic heterocycles. The van der Waals surface area contributed by atoms with Gasteiger partial charge < -0.3 is 19.5 Å². The van der Waals surface area contributed by atoms with E-state index in [4.69, 9.17) is 14.2 Å². The second-order valence-electron chi connectivity index (χ2n) is 6.75. The first kappa shape index (κ1) is 22.6. The number of rotatable bonds is 8. The second-order valence-corrected chi connectivity index (χ2v) is 6.75. The molecule has 0 bridgehead atoms. The molecule has 0 aromatic heterocycles. The van der Waals surface area contributed by atoms with Crippen LogP contribution < -0.4 is 19.5 Å². The molecule has 5 nitrogen and oxygen atoms in total. The van der Waals surface area contributed by atoms with Gasteiger partial charge in [-0.1, -0.05) is 42.5 Å². The summed E-state index contributed by atoms with van der Waals surface area (Å²) in [6.07, 6.45) is 6.82. The average Bonchev–Trinajstić information content (AvgIpc) is 2.82. The van der Waals surface area contributed by atoms with Gasteiger partial charge in [0.25, 0.3) is 0 Å². The third-order valence-electron chi connectivity index (χ3n) is 4.66. The van der Waals surface area contributed by atoms with Crippen LogP contribution in [-0.2, 0) is 4.79 Å². The number of hydrogen-bond donors (Lipinski definition) is 1. The predicted molar refractivity (Wildman–Crippen MR) is 126 cm³/mol. The summed E-state index contributed by atoms with van der Waals surface area (Å²) in [5.74, 6) is 1.02. The number of benzene rings is 3. The van der Waals surface area contributed by atoms with E-state index in [9.17, 15) is 9.18 Å². The van der Waals surface area contributed by atoms with Crippen LogP contribution in [0.5, 0.6) is 17.2 Å². The van der Waals surface area contributed by atoms with Crippen molar-refractivity contribution in [3.8, 4) is 17.2 Å². The number of amides is 1. The molecule has 1 N–H and O–H groups in total. The van der Waals surface area contributed by atoms with Gasteiger partial charge in [-0.25, -0.2) is 4.39 Å². The molecule has 0 unspecified atom stereocenters. The smallest absolute Gasteiger partial charge is 0.248 e. The third kappa shape index (κ3) is 5.76. The highest BCUT2D eigenvalue weighted by molar-refractivity contribution is 6.03. The zero-order chi connectivity index (χ0) is 22.9. The molecule has 0 aliphatic rings. The van der Waals surface area contributed by atoms with Crippen LogP contribution in [-0.4, -0.2) is 27.2 Å². The summed E-state index contributed by atoms with van der Waals surface area (Å²) in [7, 11) is 4.68. The molecular weight excluding hydrogens is 409 g/mol. The first-order valence-corrected chi connectivity index (χ1v) is 9.86. The Balaban J connectivity index is 1.79. The molecule has 0 fully saturated rings. The Morgan fingerprint density at radius 1 is 0.812 bits per heavy atom. The van der Waals surface area contributed by atoms with E-state index in [1.807, 2.05) is 48.6 Å². The fourth-order valence-electron chi connectivity index (χ4n) is 3.06. The van der Waals surface area contributed by atoms with Gasteiger partial charge in [-0.15, -0.1) is 0 Å². The summed E-state index contributed by atoms with van der Waals surface area (Å²) in [5.41, 5.74) is 3.06. The third-order valence-corrected chi connectivity index (χ3v) is 4.66. The molecule has 0 spiro atoms. The standard InChI is InChI=1S/C26H24FNO4/c1-30-23-16-19(17-24(31-2)26(23)32-3)8-12-20-6-4-5-7-22(20)28-25(29)15-11-18-9-13-21(27)14-10-18/h4-17H,1-3H3,(H,28,29)/b12-8+,15-11+. The van der Waals surface area contributed by atoms with Gasteiger partial charge in [0.15, 0.2) is 11.5 Å². The maximum absolute atomic E-state index is 13.0. The molecule has 0 atom stereocenters. The van der Waals surface area contributed by atoms with E-state index < -0.39 is 0 Å². The van der Waals surface area contributed by atoms with Gasteiger partial charge in [0.2, 0.25) is 11.7 Å². The Morgan fingerprint density at radius 2 is 1.47 bits per heavy atom. The first-order valence-electron chi connectivity index (χ1n) is 9.86. The van der Waals surface area contributed by atoms with Crippen molar-refractivity contribution in [2.45, 2.75) is 0 Å². The van der Waals surface area contributed by atoms with Crippen molar-refractivity contribution in [2.75, 3.05) is 26.6 Å². The van der Waals surface area contributed by atoms with Gasteiger partial charge in [-0.05, 0) is 53.1 Å². The summed E-state index contributed by atoms with van der Waals surface area (Å²) < 4.78 is 29.1. The van der Waals surface area contributed by atoms with Crippen LogP contribution in [0.2, 0.25) is 0 Å². The maximum atomic E-state index is 13.0. The lowest BCUT2D eigenvalue weighted by Crippen LogP contribution is -2.08. The van der Waals surface area contributed by atoms with Crippen molar-refractivity contribution in [1.29, 1.82) is 0 Å². The Hall–Kier alpha value is -4.06. The van der Waals surface area contributed by atoms with Gasteiger partial charge in [-0.3, -0.25) is 4.79 Å². The number of nitrogens with one attached hydrogen (secondary N) is 1. The van der Waals surface area contributed by atoms with Crippen LogP contribution >= 0.6 is 0 Å². The van der Waals surface area contributed by atoms with Crippen LogP contribution in [0.25, 0.3) is 18.2 Å². The van der Waals surface area contributed by atoms with E-state index in [0.29, 0.717) is 22.9 Å². The fraction of sp³-hybridized carbons (Fsp3) is 0.115. The SMILES string of the molecule is COc1cc(/C=C/c2ccccc2NC(=O)/C=C/c2ccc(F)cc2)cc(OC)c1OC. The molecule has 0 radical (unpaired) electrons. The molecule has 0 saturated carbocycles. The lowest BCUT2D eigenvalue weighted by Gasteiger charge is -2.13. The maximum Gasteiger partial charge on any atom is 0.248 e. The number of ether oxygens (including phenoxy) is 3. The van der Waals surface area contributed by atoms with Crippen LogP contribution in [0.4, 0.5) is 10.1 Å². The van der Waals surface area contributed by atoms with Gasteiger partial charge >= 0.3 is 0 Å². The quantitative estimate of drug-likeness (QED) is 0.367. The number of carbonyl (C=O) groups is 1. The molecule has 1 amide bonds. The number of carbonyl (C=O) groups excluding carboxylic acids is 1. The normalized spacial score (nSPS) is 11.0. The molecule has 164 valence electrons. The van der Waals surface area contributed by atoms with E-state index in [2.05, 4.69) is 5.32 Å². The van der Waals surface area contributed by atoms with Crippen molar-refractivity contribution < 1.29 is 23.4 Å². The zero-order valence-corrected chi connectivity index (χ0v) is 18.1. The lowest BCUT2D eigenvalue weighted by atomic mass is 10.1. The van der Waals surface area contributed by atoms with Crippen molar-refractivity contribution in [1.82, 2.24) is 0 Å². The van der Waals surface area contributed by atoms with E-state index in [1.54, 1.807) is 39.5 Å². The minimum Gasteiger partial charge on any atom is -0.493 e. The average molecular weight is 433 g/mol. The van der Waals surface area contributed by atoms with Gasteiger partial charge in [-0.2, -0.15) is 0 Å². The Bertz CT molecular complexity index is 1110. The molecule has 0 saturated heterocycles. The van der Waals surface area contributed by atoms with Crippen molar-refractivity contribution in [3.63, 3.8) is 0 Å². The molecule has 0 aliphatic carbocycles. The summed E-state index contributed by atoms with van der Waals surface area (Å²) in [4.78, 5) is 12.4. The number of halogens is 1. The highest BCUT2D eigenvalue weighted by Crippen LogP contribution is 2.38. The Morgan fingerprint density at radius 3 is 2.09 bits per heavy atom. The fourth-order valence-corrected chi connectivity index (χ4v) is 3.06. The Labute approximate surface area is 186 Å². The van der Waals surface area contributed by atoms with E-state index in [1.165, 1.54) is 18.2 Å². The van der Waals surface area contributed by atoms with E-state index >= 15 is 0 Å². The molecule has 3 aromatic rings. The molecule has 32 heavy (non-hydrogen) atoms. The minimum atomic E-state index is -0.320. The zero-order valence-electron chi connectivity index (χ0n) is 18.1. The van der Waals surface area contributed by atoms with E-state index in [-0.39, 0.29) is 11.7 Å². The second kappa shape index (κ2) is 10.8. The number of para-hydroxylation sites is 1. The highest BCUT2D eigenvalue weighted by atomic mass is 19.1. The molecule has 3 rings (SSSR count). The summed E-state index contributed by atoms with van der Waals surface area (Å²) >= 11 is 0. The largest absolute Gasteiger partial charge is 0.493 e. The van der Waals surface area contributed by atoms with Crippen molar-refractivity contribution in [2.24, 2.45) is 0 Å². The van der Waals surface area contributed by atoms with Crippen LogP contribution in [0.1, 0.15) is 16.7 Å². The predicted octanol–water partition coefficient (Wildman–Crippen LogP) is 5.67. The monoisotopic (exact) mass is 433 g/mol. The summed E-state index contributed by atoms with van der Waals surface area (Å²) in [6.45, 7) is 0. The van der Waals surface area contributed by atoms with Crippen LogP contribution in [0.15, 0.2) is 66.7 Å². The van der Waals surface area contributed by atoms with Gasteiger partial charge in [0.1, 0.15) is 5.82 Å². The van der Waals surface area contributed by atoms with Crippen LogP contribution in [0.3, 0.4) is 0 Å². The molecule has 6 heteroatoms. The number of hydrogen-bond acceptors (Lipinski definition) is 4. The number of anilines is 1. The molecular formula is C26H24FNO4.